The molecule has 0 bridgehead atoms. The lowest BCUT2D eigenvalue weighted by Crippen LogP contribution is -2.28. The number of hydrogen-bond acceptors (Lipinski definition) is 4. The Balaban J connectivity index is 1.55. The van der Waals surface area contributed by atoms with E-state index >= 15 is 0 Å². The van der Waals surface area contributed by atoms with Crippen LogP contribution in [0, 0.1) is 11.6 Å². The average molecular weight is 463 g/mol. The molecular weight excluding hydrogens is 438 g/mol. The molecule has 3 aromatic rings. The molecule has 0 unspecified atom stereocenters. The van der Waals surface area contributed by atoms with Gasteiger partial charge in [-0.1, -0.05) is 26.0 Å². The maximum Gasteiger partial charge on any atom is 0.240 e. The van der Waals surface area contributed by atoms with Crippen molar-refractivity contribution in [3.8, 4) is 0 Å². The summed E-state index contributed by atoms with van der Waals surface area (Å²) in [6.07, 6.45) is 3.52. The van der Waals surface area contributed by atoms with E-state index in [-0.39, 0.29) is 24.8 Å². The lowest BCUT2D eigenvalue weighted by molar-refractivity contribution is -0.116. The summed E-state index contributed by atoms with van der Waals surface area (Å²) in [6, 6.07) is 9.62. The van der Waals surface area contributed by atoms with Crippen LogP contribution in [0.25, 0.3) is 0 Å². The molecule has 1 amide bonds. The van der Waals surface area contributed by atoms with Crippen LogP contribution in [0.15, 0.2) is 59.8 Å². The molecule has 0 spiro atoms. The van der Waals surface area contributed by atoms with E-state index in [0.717, 1.165) is 23.5 Å². The fourth-order valence-electron chi connectivity index (χ4n) is 3.15. The van der Waals surface area contributed by atoms with Gasteiger partial charge >= 0.3 is 0 Å². The van der Waals surface area contributed by atoms with Gasteiger partial charge < -0.3 is 9.88 Å². The Labute approximate surface area is 185 Å². The predicted octanol–water partition coefficient (Wildman–Crippen LogP) is 3.64. The van der Waals surface area contributed by atoms with Gasteiger partial charge in [0.1, 0.15) is 5.82 Å². The van der Waals surface area contributed by atoms with Gasteiger partial charge in [-0.3, -0.25) is 4.79 Å². The van der Waals surface area contributed by atoms with E-state index < -0.39 is 26.6 Å². The van der Waals surface area contributed by atoms with Crippen LogP contribution in [-0.4, -0.2) is 30.4 Å². The third-order valence-electron chi connectivity index (χ3n) is 4.67. The Hall–Kier alpha value is -3.11. The van der Waals surface area contributed by atoms with Gasteiger partial charge in [0, 0.05) is 43.5 Å². The van der Waals surface area contributed by atoms with Crippen LogP contribution in [0.4, 0.5) is 14.5 Å². The molecule has 170 valence electrons. The highest BCUT2D eigenvalue weighted by molar-refractivity contribution is 7.89. The minimum atomic E-state index is -4.06. The summed E-state index contributed by atoms with van der Waals surface area (Å²) >= 11 is 0. The third kappa shape index (κ3) is 5.98. The first-order valence-corrected chi connectivity index (χ1v) is 11.5. The highest BCUT2D eigenvalue weighted by Gasteiger charge is 2.17. The average Bonchev–Trinajstić information content (AvgIpc) is 3.18. The van der Waals surface area contributed by atoms with Crippen LogP contribution >= 0.6 is 0 Å². The number of hydrogen-bond donors (Lipinski definition) is 2. The molecule has 0 atom stereocenters. The number of aromatic nitrogens is 2. The summed E-state index contributed by atoms with van der Waals surface area (Å²) in [5.74, 6) is -1.54. The van der Waals surface area contributed by atoms with Crippen LogP contribution in [0.3, 0.4) is 0 Å². The van der Waals surface area contributed by atoms with Crippen molar-refractivity contribution in [1.82, 2.24) is 14.3 Å². The third-order valence-corrected chi connectivity index (χ3v) is 6.13. The molecular formula is C22H24F2N4O3S. The zero-order valence-corrected chi connectivity index (χ0v) is 18.5. The number of rotatable bonds is 9. The van der Waals surface area contributed by atoms with Gasteiger partial charge in [-0.15, -0.1) is 0 Å². The molecule has 0 aliphatic heterocycles. The summed E-state index contributed by atoms with van der Waals surface area (Å²) in [4.78, 5) is 16.2. The zero-order chi connectivity index (χ0) is 23.3. The minimum absolute atomic E-state index is 0.133. The number of anilines is 1. The second-order valence-corrected chi connectivity index (χ2v) is 9.31. The number of benzene rings is 2. The largest absolute Gasteiger partial charge is 0.330 e. The van der Waals surface area contributed by atoms with Crippen molar-refractivity contribution < 1.29 is 22.0 Å². The van der Waals surface area contributed by atoms with Crippen molar-refractivity contribution in [3.05, 3.63) is 77.9 Å². The molecule has 1 aromatic heterocycles. The normalized spacial score (nSPS) is 11.7. The number of nitrogens with one attached hydrogen (secondary N) is 2. The SMILES string of the molecule is CC(C)c1nccn1Cc1cccc(NC(=O)CCNS(=O)(=O)c2ccc(F)c(F)c2)c1. The summed E-state index contributed by atoms with van der Waals surface area (Å²) in [5, 5.41) is 2.73. The fraction of sp³-hybridized carbons (Fsp3) is 0.273. The van der Waals surface area contributed by atoms with E-state index in [9.17, 15) is 22.0 Å². The standard InChI is InChI=1S/C22H24F2N4O3S/c1-15(2)22-25-10-11-28(22)14-16-4-3-5-17(12-16)27-21(29)8-9-26-32(30,31)18-6-7-19(23)20(24)13-18/h3-7,10-13,15,26H,8-9,14H2,1-2H3,(H,27,29). The van der Waals surface area contributed by atoms with Gasteiger partial charge in [-0.05, 0) is 35.9 Å². The van der Waals surface area contributed by atoms with Gasteiger partial charge in [-0.25, -0.2) is 26.9 Å². The van der Waals surface area contributed by atoms with E-state index in [4.69, 9.17) is 0 Å². The van der Waals surface area contributed by atoms with Gasteiger partial charge in [0.2, 0.25) is 15.9 Å². The van der Waals surface area contributed by atoms with E-state index in [0.29, 0.717) is 18.3 Å². The second kappa shape index (κ2) is 10.0. The van der Waals surface area contributed by atoms with Crippen molar-refractivity contribution in [2.24, 2.45) is 0 Å². The molecule has 2 aromatic carbocycles. The van der Waals surface area contributed by atoms with Gasteiger partial charge in [0.05, 0.1) is 4.90 Å². The molecule has 32 heavy (non-hydrogen) atoms. The lowest BCUT2D eigenvalue weighted by atomic mass is 10.1. The van der Waals surface area contributed by atoms with Crippen molar-refractivity contribution in [1.29, 1.82) is 0 Å². The molecule has 0 saturated heterocycles. The number of sulfonamides is 1. The lowest BCUT2D eigenvalue weighted by Gasteiger charge is -2.12. The summed E-state index contributed by atoms with van der Waals surface area (Å²) in [6.45, 7) is 4.54. The molecule has 10 heteroatoms. The molecule has 0 aliphatic carbocycles. The highest BCUT2D eigenvalue weighted by Crippen LogP contribution is 2.17. The fourth-order valence-corrected chi connectivity index (χ4v) is 4.19. The predicted molar refractivity (Wildman–Crippen MR) is 117 cm³/mol. The monoisotopic (exact) mass is 462 g/mol. The van der Waals surface area contributed by atoms with Gasteiger partial charge in [0.25, 0.3) is 0 Å². The van der Waals surface area contributed by atoms with Crippen molar-refractivity contribution >= 4 is 21.6 Å². The Bertz CT molecular complexity index is 1210. The number of nitrogens with zero attached hydrogens (tertiary/aromatic N) is 2. The Morgan fingerprint density at radius 2 is 1.91 bits per heavy atom. The summed E-state index contributed by atoms with van der Waals surface area (Å²) in [7, 11) is -4.06. The van der Waals surface area contributed by atoms with Gasteiger partial charge in [0.15, 0.2) is 11.6 Å². The van der Waals surface area contributed by atoms with Gasteiger partial charge in [-0.2, -0.15) is 0 Å². The molecule has 0 radical (unpaired) electrons. The number of carbonyl (C=O) groups excluding carboxylic acids is 1. The molecule has 0 saturated carbocycles. The first kappa shape index (κ1) is 23.6. The first-order valence-electron chi connectivity index (χ1n) is 10.0. The quantitative estimate of drug-likeness (QED) is 0.508. The molecule has 1 heterocycles. The number of amides is 1. The van der Waals surface area contributed by atoms with E-state index in [1.165, 1.54) is 0 Å². The van der Waals surface area contributed by atoms with Crippen molar-refractivity contribution in [2.45, 2.75) is 37.6 Å². The van der Waals surface area contributed by atoms with Crippen LogP contribution < -0.4 is 10.0 Å². The topological polar surface area (TPSA) is 93.1 Å². The number of halogens is 2. The molecule has 0 fully saturated rings. The molecule has 7 nitrogen and oxygen atoms in total. The van der Waals surface area contributed by atoms with Crippen molar-refractivity contribution in [3.63, 3.8) is 0 Å². The maximum absolute atomic E-state index is 13.3. The van der Waals surface area contributed by atoms with Crippen LogP contribution in [0.2, 0.25) is 0 Å². The second-order valence-electron chi connectivity index (χ2n) is 7.54. The smallest absolute Gasteiger partial charge is 0.240 e. The van der Waals surface area contributed by atoms with Crippen LogP contribution in [0.5, 0.6) is 0 Å². The van der Waals surface area contributed by atoms with E-state index in [1.807, 2.05) is 29.0 Å². The van der Waals surface area contributed by atoms with Crippen LogP contribution in [0.1, 0.15) is 37.6 Å². The Morgan fingerprint density at radius 3 is 2.62 bits per heavy atom. The van der Waals surface area contributed by atoms with Crippen molar-refractivity contribution in [2.75, 3.05) is 11.9 Å². The Kier molecular flexibility index (Phi) is 7.37. The first-order chi connectivity index (χ1) is 15.2. The minimum Gasteiger partial charge on any atom is -0.330 e. The Morgan fingerprint density at radius 1 is 1.12 bits per heavy atom. The number of carbonyl (C=O) groups is 1. The maximum atomic E-state index is 13.3. The van der Waals surface area contributed by atoms with E-state index in [2.05, 4.69) is 28.9 Å². The number of imidazole rings is 1. The molecule has 2 N–H and O–H groups in total. The van der Waals surface area contributed by atoms with E-state index in [1.54, 1.807) is 12.3 Å². The molecule has 3 rings (SSSR count). The highest BCUT2D eigenvalue weighted by atomic mass is 32.2. The molecule has 0 aliphatic rings. The summed E-state index contributed by atoms with van der Waals surface area (Å²) < 4.78 is 54.9. The summed E-state index contributed by atoms with van der Waals surface area (Å²) in [5.41, 5.74) is 1.56. The zero-order valence-electron chi connectivity index (χ0n) is 17.7. The van der Waals surface area contributed by atoms with Crippen LogP contribution in [-0.2, 0) is 21.4 Å².